The Labute approximate surface area is 189 Å². The molecule has 0 bridgehead atoms. The van der Waals surface area contributed by atoms with Crippen LogP contribution in [0.25, 0.3) is 0 Å². The van der Waals surface area contributed by atoms with Gasteiger partial charge in [-0.2, -0.15) is 13.2 Å². The highest BCUT2D eigenvalue weighted by molar-refractivity contribution is 7.91. The number of anilines is 1. The number of sulfone groups is 1. The zero-order valence-electron chi connectivity index (χ0n) is 17.6. The molecule has 11 heteroatoms. The summed E-state index contributed by atoms with van der Waals surface area (Å²) in [5, 5.41) is 0. The van der Waals surface area contributed by atoms with E-state index in [1.54, 1.807) is 21.9 Å². The molecule has 2 aliphatic rings. The SMILES string of the molecule is O=C(C1CCS(=O)(=O)CC1)N1CCN(c2ccc(C(F)(F)F)cn2)C[C@@H]1c1ccc(F)cc1. The minimum absolute atomic E-state index is 0.0277. The highest BCUT2D eigenvalue weighted by Crippen LogP contribution is 2.33. The third-order valence-corrected chi connectivity index (χ3v) is 7.94. The van der Waals surface area contributed by atoms with Crippen LogP contribution in [-0.2, 0) is 20.8 Å². The topological polar surface area (TPSA) is 70.6 Å². The molecule has 0 radical (unpaired) electrons. The summed E-state index contributed by atoms with van der Waals surface area (Å²) < 4.78 is 75.6. The Balaban J connectivity index is 1.57. The number of hydrogen-bond acceptors (Lipinski definition) is 5. The first-order chi connectivity index (χ1) is 15.5. The van der Waals surface area contributed by atoms with Crippen molar-refractivity contribution in [3.63, 3.8) is 0 Å². The minimum Gasteiger partial charge on any atom is -0.352 e. The molecule has 0 N–H and O–H groups in total. The van der Waals surface area contributed by atoms with Gasteiger partial charge in [-0.1, -0.05) is 12.1 Å². The maximum Gasteiger partial charge on any atom is 0.417 e. The van der Waals surface area contributed by atoms with Gasteiger partial charge in [0, 0.05) is 31.7 Å². The molecule has 2 aromatic rings. The molecule has 2 saturated heterocycles. The first kappa shape index (κ1) is 23.5. The average Bonchev–Trinajstić information content (AvgIpc) is 2.78. The number of aromatic nitrogens is 1. The molecular weight excluding hydrogens is 462 g/mol. The summed E-state index contributed by atoms with van der Waals surface area (Å²) in [5.41, 5.74) is -0.160. The number of rotatable bonds is 3. The molecule has 6 nitrogen and oxygen atoms in total. The van der Waals surface area contributed by atoms with Crippen LogP contribution in [0, 0.1) is 11.7 Å². The van der Waals surface area contributed by atoms with E-state index in [1.165, 1.54) is 18.2 Å². The van der Waals surface area contributed by atoms with E-state index in [0.717, 1.165) is 12.3 Å². The fourth-order valence-corrected chi connectivity index (χ4v) is 5.83. The number of benzene rings is 1. The van der Waals surface area contributed by atoms with Gasteiger partial charge in [-0.3, -0.25) is 4.79 Å². The zero-order chi connectivity index (χ0) is 23.8. The summed E-state index contributed by atoms with van der Waals surface area (Å²) in [5.74, 6) is -0.691. The number of carbonyl (C=O) groups is 1. The summed E-state index contributed by atoms with van der Waals surface area (Å²) in [4.78, 5) is 20.7. The average molecular weight is 486 g/mol. The molecule has 178 valence electrons. The van der Waals surface area contributed by atoms with Crippen LogP contribution < -0.4 is 4.90 Å². The molecule has 0 unspecified atom stereocenters. The maximum absolute atomic E-state index is 13.5. The molecule has 0 spiro atoms. The Bertz CT molecular complexity index is 1090. The number of piperazine rings is 1. The first-order valence-electron chi connectivity index (χ1n) is 10.6. The summed E-state index contributed by atoms with van der Waals surface area (Å²) in [7, 11) is -3.12. The Morgan fingerprint density at radius 3 is 2.24 bits per heavy atom. The minimum atomic E-state index is -4.49. The number of alkyl halides is 3. The lowest BCUT2D eigenvalue weighted by molar-refractivity contribution is -0.139. The van der Waals surface area contributed by atoms with Crippen LogP contribution in [0.1, 0.15) is 30.0 Å². The van der Waals surface area contributed by atoms with Crippen molar-refractivity contribution in [3.8, 4) is 0 Å². The molecule has 1 aromatic carbocycles. The molecule has 2 aliphatic heterocycles. The predicted molar refractivity (Wildman–Crippen MR) is 114 cm³/mol. The van der Waals surface area contributed by atoms with Crippen molar-refractivity contribution in [2.24, 2.45) is 5.92 Å². The third kappa shape index (κ3) is 5.29. The van der Waals surface area contributed by atoms with Crippen molar-refractivity contribution >= 4 is 21.6 Å². The normalized spacial score (nSPS) is 21.8. The van der Waals surface area contributed by atoms with E-state index in [2.05, 4.69) is 4.98 Å². The van der Waals surface area contributed by atoms with E-state index in [1.807, 2.05) is 0 Å². The molecule has 2 fully saturated rings. The number of nitrogens with zero attached hydrogens (tertiary/aromatic N) is 3. The van der Waals surface area contributed by atoms with Gasteiger partial charge in [-0.05, 0) is 42.7 Å². The van der Waals surface area contributed by atoms with Gasteiger partial charge in [0.25, 0.3) is 0 Å². The predicted octanol–water partition coefficient (Wildman–Crippen LogP) is 3.45. The molecule has 1 aromatic heterocycles. The van der Waals surface area contributed by atoms with Crippen LogP contribution in [-0.4, -0.2) is 55.3 Å². The van der Waals surface area contributed by atoms with Crippen molar-refractivity contribution in [1.29, 1.82) is 0 Å². The maximum atomic E-state index is 13.5. The van der Waals surface area contributed by atoms with Crippen LogP contribution in [0.15, 0.2) is 42.6 Å². The second kappa shape index (κ2) is 8.92. The summed E-state index contributed by atoms with van der Waals surface area (Å²) in [6.45, 7) is 0.903. The first-order valence-corrected chi connectivity index (χ1v) is 12.4. The standard InChI is InChI=1S/C22H23F4N3O3S/c23-18-4-1-15(2-5-18)19-14-28(20-6-3-17(13-27-20)22(24,25)26)9-10-29(19)21(30)16-7-11-33(31,32)12-8-16/h1-6,13,16,19H,7-12,14H2/t19-/m1/s1. The summed E-state index contributed by atoms with van der Waals surface area (Å²) >= 11 is 0. The lowest BCUT2D eigenvalue weighted by Gasteiger charge is -2.43. The second-order valence-electron chi connectivity index (χ2n) is 8.37. The molecule has 33 heavy (non-hydrogen) atoms. The van der Waals surface area contributed by atoms with Gasteiger partial charge in [0.15, 0.2) is 0 Å². The van der Waals surface area contributed by atoms with Crippen LogP contribution >= 0.6 is 0 Å². The monoisotopic (exact) mass is 485 g/mol. The molecule has 0 saturated carbocycles. The van der Waals surface area contributed by atoms with E-state index in [0.29, 0.717) is 17.9 Å². The molecule has 3 heterocycles. The zero-order valence-corrected chi connectivity index (χ0v) is 18.4. The van der Waals surface area contributed by atoms with Crippen molar-refractivity contribution in [2.45, 2.75) is 25.1 Å². The fourth-order valence-electron chi connectivity index (χ4n) is 4.34. The number of amides is 1. The lowest BCUT2D eigenvalue weighted by atomic mass is 9.96. The lowest BCUT2D eigenvalue weighted by Crippen LogP contribution is -2.53. The van der Waals surface area contributed by atoms with Crippen molar-refractivity contribution in [3.05, 3.63) is 59.5 Å². The van der Waals surface area contributed by atoms with E-state index in [4.69, 9.17) is 0 Å². The van der Waals surface area contributed by atoms with Gasteiger partial charge in [-0.15, -0.1) is 0 Å². The van der Waals surface area contributed by atoms with Gasteiger partial charge in [0.05, 0.1) is 23.1 Å². The van der Waals surface area contributed by atoms with E-state index in [9.17, 15) is 30.8 Å². The number of halogens is 4. The Hall–Kier alpha value is -2.69. The number of hydrogen-bond donors (Lipinski definition) is 0. The number of carbonyl (C=O) groups excluding carboxylic acids is 1. The van der Waals surface area contributed by atoms with Gasteiger partial charge >= 0.3 is 6.18 Å². The van der Waals surface area contributed by atoms with Crippen LogP contribution in [0.5, 0.6) is 0 Å². The highest BCUT2D eigenvalue weighted by Gasteiger charge is 2.38. The van der Waals surface area contributed by atoms with Crippen LogP contribution in [0.4, 0.5) is 23.4 Å². The van der Waals surface area contributed by atoms with E-state index in [-0.39, 0.29) is 43.3 Å². The van der Waals surface area contributed by atoms with E-state index >= 15 is 0 Å². The Kier molecular flexibility index (Phi) is 6.35. The van der Waals surface area contributed by atoms with Crippen LogP contribution in [0.3, 0.4) is 0 Å². The summed E-state index contributed by atoms with van der Waals surface area (Å²) in [6.07, 6.45) is -3.18. The second-order valence-corrected chi connectivity index (χ2v) is 10.7. The Morgan fingerprint density at radius 1 is 1.00 bits per heavy atom. The quantitative estimate of drug-likeness (QED) is 0.623. The van der Waals surface area contributed by atoms with Gasteiger partial charge < -0.3 is 9.80 Å². The molecule has 1 amide bonds. The third-order valence-electron chi connectivity index (χ3n) is 6.22. The van der Waals surface area contributed by atoms with Gasteiger partial charge in [-0.25, -0.2) is 17.8 Å². The number of pyridine rings is 1. The molecule has 4 rings (SSSR count). The highest BCUT2D eigenvalue weighted by atomic mass is 32.2. The fraction of sp³-hybridized carbons (Fsp3) is 0.455. The van der Waals surface area contributed by atoms with Crippen molar-refractivity contribution in [1.82, 2.24) is 9.88 Å². The largest absolute Gasteiger partial charge is 0.417 e. The summed E-state index contributed by atoms with van der Waals surface area (Å²) in [6, 6.07) is 7.53. The smallest absolute Gasteiger partial charge is 0.352 e. The van der Waals surface area contributed by atoms with E-state index < -0.39 is 39.4 Å². The molecular formula is C22H23F4N3O3S. The van der Waals surface area contributed by atoms with Crippen molar-refractivity contribution in [2.75, 3.05) is 36.0 Å². The van der Waals surface area contributed by atoms with Gasteiger partial charge in [0.2, 0.25) is 5.91 Å². The van der Waals surface area contributed by atoms with Crippen LogP contribution in [0.2, 0.25) is 0 Å². The van der Waals surface area contributed by atoms with Gasteiger partial charge in [0.1, 0.15) is 21.5 Å². The van der Waals surface area contributed by atoms with Crippen molar-refractivity contribution < 1.29 is 30.8 Å². The molecule has 0 aliphatic carbocycles. The molecule has 1 atom stereocenters. The Morgan fingerprint density at radius 2 is 1.67 bits per heavy atom.